The Bertz CT molecular complexity index is 607. The molecule has 0 saturated carbocycles. The van der Waals surface area contributed by atoms with Crippen LogP contribution in [-0.4, -0.2) is 15.6 Å². The van der Waals surface area contributed by atoms with Gasteiger partial charge in [0.2, 0.25) is 0 Å². The summed E-state index contributed by atoms with van der Waals surface area (Å²) in [6.45, 7) is 2.13. The number of benzene rings is 1. The summed E-state index contributed by atoms with van der Waals surface area (Å²) >= 11 is 0. The van der Waals surface area contributed by atoms with Gasteiger partial charge in [0.25, 0.3) is 0 Å². The van der Waals surface area contributed by atoms with Crippen LogP contribution in [0.25, 0.3) is 16.6 Å². The summed E-state index contributed by atoms with van der Waals surface area (Å²) in [5.41, 5.74) is 3.38. The van der Waals surface area contributed by atoms with Gasteiger partial charge in [-0.25, -0.2) is 4.68 Å². The standard InChI is InChI=1S/C13H12N2O/c1-2-9-3-4-10-8-14-15(13(10)5-9)11-6-12(16)7-11/h3-6,8H,2,7H2,1H3. The molecule has 3 rings (SSSR count). The van der Waals surface area contributed by atoms with E-state index in [1.165, 1.54) is 5.56 Å². The van der Waals surface area contributed by atoms with Crippen molar-refractivity contribution in [3.63, 3.8) is 0 Å². The second-order valence-corrected chi connectivity index (χ2v) is 4.08. The molecule has 0 bridgehead atoms. The molecule has 0 aliphatic heterocycles. The van der Waals surface area contributed by atoms with Crippen molar-refractivity contribution in [1.82, 2.24) is 9.78 Å². The number of carbonyl (C=O) groups is 1. The Kier molecular flexibility index (Phi) is 1.93. The molecule has 1 aromatic carbocycles. The smallest absolute Gasteiger partial charge is 0.163 e. The predicted octanol–water partition coefficient (Wildman–Crippen LogP) is 2.41. The van der Waals surface area contributed by atoms with Gasteiger partial charge in [-0.2, -0.15) is 5.10 Å². The van der Waals surface area contributed by atoms with Gasteiger partial charge in [-0.05, 0) is 18.1 Å². The van der Waals surface area contributed by atoms with Crippen LogP contribution in [0.2, 0.25) is 0 Å². The third-order valence-electron chi connectivity index (χ3n) is 3.00. The van der Waals surface area contributed by atoms with Crippen LogP contribution in [0.3, 0.4) is 0 Å². The van der Waals surface area contributed by atoms with Crippen LogP contribution in [0.5, 0.6) is 0 Å². The normalized spacial score (nSPS) is 15.1. The van der Waals surface area contributed by atoms with Gasteiger partial charge in [-0.15, -0.1) is 0 Å². The fourth-order valence-corrected chi connectivity index (χ4v) is 1.98. The monoisotopic (exact) mass is 212 g/mol. The van der Waals surface area contributed by atoms with E-state index in [4.69, 9.17) is 0 Å². The molecule has 0 unspecified atom stereocenters. The van der Waals surface area contributed by atoms with Crippen molar-refractivity contribution in [2.24, 2.45) is 0 Å². The second kappa shape index (κ2) is 3.30. The average molecular weight is 212 g/mol. The minimum Gasteiger partial charge on any atom is -0.294 e. The number of aromatic nitrogens is 2. The van der Waals surface area contributed by atoms with Gasteiger partial charge in [0.05, 0.1) is 23.8 Å². The molecular formula is C13H12N2O. The lowest BCUT2D eigenvalue weighted by atomic mass is 10.0. The van der Waals surface area contributed by atoms with Gasteiger partial charge in [0.1, 0.15) is 0 Å². The molecule has 0 spiro atoms. The molecule has 0 radical (unpaired) electrons. The number of carbonyl (C=O) groups excluding carboxylic acids is 1. The minimum absolute atomic E-state index is 0.185. The van der Waals surface area contributed by atoms with Crippen molar-refractivity contribution in [3.8, 4) is 0 Å². The van der Waals surface area contributed by atoms with E-state index >= 15 is 0 Å². The zero-order chi connectivity index (χ0) is 11.1. The van der Waals surface area contributed by atoms with Crippen molar-refractivity contribution >= 4 is 22.4 Å². The van der Waals surface area contributed by atoms with E-state index in [9.17, 15) is 4.79 Å². The van der Waals surface area contributed by atoms with Gasteiger partial charge in [-0.1, -0.05) is 19.1 Å². The van der Waals surface area contributed by atoms with E-state index in [1.807, 2.05) is 10.9 Å². The molecule has 3 nitrogen and oxygen atoms in total. The SMILES string of the molecule is CCc1ccc2cnn(C3=CC(=O)C3)c2c1. The predicted molar refractivity (Wildman–Crippen MR) is 63.0 cm³/mol. The topological polar surface area (TPSA) is 34.9 Å². The average Bonchev–Trinajstić information content (AvgIpc) is 2.67. The van der Waals surface area contributed by atoms with Crippen LogP contribution in [0.1, 0.15) is 18.9 Å². The maximum absolute atomic E-state index is 10.9. The van der Waals surface area contributed by atoms with Crippen molar-refractivity contribution in [1.29, 1.82) is 0 Å². The van der Waals surface area contributed by atoms with E-state index in [2.05, 4.69) is 30.2 Å². The van der Waals surface area contributed by atoms with Crippen molar-refractivity contribution in [2.75, 3.05) is 0 Å². The lowest BCUT2D eigenvalue weighted by Gasteiger charge is -2.14. The fraction of sp³-hybridized carbons (Fsp3) is 0.231. The van der Waals surface area contributed by atoms with E-state index in [0.29, 0.717) is 6.42 Å². The number of nitrogens with zero attached hydrogens (tertiary/aromatic N) is 2. The van der Waals surface area contributed by atoms with Crippen LogP contribution >= 0.6 is 0 Å². The van der Waals surface area contributed by atoms with Crippen LogP contribution in [-0.2, 0) is 11.2 Å². The van der Waals surface area contributed by atoms with E-state index < -0.39 is 0 Å². The molecule has 1 aliphatic rings. The molecular weight excluding hydrogens is 200 g/mol. The number of hydrogen-bond acceptors (Lipinski definition) is 2. The molecule has 0 fully saturated rings. The molecule has 0 N–H and O–H groups in total. The molecule has 3 heteroatoms. The number of fused-ring (bicyclic) bond motifs is 1. The van der Waals surface area contributed by atoms with Crippen LogP contribution in [0, 0.1) is 0 Å². The van der Waals surface area contributed by atoms with Gasteiger partial charge < -0.3 is 0 Å². The van der Waals surface area contributed by atoms with Gasteiger partial charge >= 0.3 is 0 Å². The Morgan fingerprint density at radius 1 is 1.44 bits per heavy atom. The molecule has 0 amide bonds. The summed E-state index contributed by atoms with van der Waals surface area (Å²) in [6, 6.07) is 6.35. The lowest BCUT2D eigenvalue weighted by Crippen LogP contribution is -2.13. The van der Waals surface area contributed by atoms with Crippen LogP contribution in [0.4, 0.5) is 0 Å². The highest BCUT2D eigenvalue weighted by atomic mass is 16.1. The van der Waals surface area contributed by atoms with Crippen LogP contribution < -0.4 is 0 Å². The van der Waals surface area contributed by atoms with Gasteiger partial charge in [0, 0.05) is 11.5 Å². The number of ketones is 1. The van der Waals surface area contributed by atoms with Crippen LogP contribution in [0.15, 0.2) is 30.5 Å². The highest BCUT2D eigenvalue weighted by molar-refractivity contribution is 6.08. The first-order valence-electron chi connectivity index (χ1n) is 5.48. The summed E-state index contributed by atoms with van der Waals surface area (Å²) < 4.78 is 1.87. The number of aryl methyl sites for hydroxylation is 1. The maximum atomic E-state index is 10.9. The first-order valence-corrected chi connectivity index (χ1v) is 5.48. The Morgan fingerprint density at radius 3 is 2.94 bits per heavy atom. The third kappa shape index (κ3) is 1.28. The summed E-state index contributed by atoms with van der Waals surface area (Å²) in [4.78, 5) is 10.9. The highest BCUT2D eigenvalue weighted by Crippen LogP contribution is 2.25. The Balaban J connectivity index is 2.18. The first-order chi connectivity index (χ1) is 7.78. The summed E-state index contributed by atoms with van der Waals surface area (Å²) in [6.07, 6.45) is 5.02. The molecule has 2 aromatic rings. The fourth-order valence-electron chi connectivity index (χ4n) is 1.98. The molecule has 16 heavy (non-hydrogen) atoms. The maximum Gasteiger partial charge on any atom is 0.163 e. The van der Waals surface area contributed by atoms with E-state index in [-0.39, 0.29) is 5.78 Å². The summed E-state index contributed by atoms with van der Waals surface area (Å²) in [7, 11) is 0. The lowest BCUT2D eigenvalue weighted by molar-refractivity contribution is -0.114. The summed E-state index contributed by atoms with van der Waals surface area (Å²) in [5.74, 6) is 0.185. The molecule has 80 valence electrons. The first kappa shape index (κ1) is 9.33. The van der Waals surface area contributed by atoms with E-state index in [1.54, 1.807) is 6.08 Å². The van der Waals surface area contributed by atoms with Crippen molar-refractivity contribution in [3.05, 3.63) is 36.0 Å². The minimum atomic E-state index is 0.185. The van der Waals surface area contributed by atoms with Gasteiger partial charge in [0.15, 0.2) is 5.78 Å². The Hall–Kier alpha value is -1.90. The molecule has 0 atom stereocenters. The van der Waals surface area contributed by atoms with Crippen molar-refractivity contribution in [2.45, 2.75) is 19.8 Å². The summed E-state index contributed by atoms with van der Waals surface area (Å²) in [5, 5.41) is 5.45. The zero-order valence-corrected chi connectivity index (χ0v) is 9.10. The zero-order valence-electron chi connectivity index (χ0n) is 9.10. The second-order valence-electron chi connectivity index (χ2n) is 4.08. The Morgan fingerprint density at radius 2 is 2.25 bits per heavy atom. The quantitative estimate of drug-likeness (QED) is 0.766. The molecule has 1 aliphatic carbocycles. The molecule has 1 aromatic heterocycles. The van der Waals surface area contributed by atoms with Crippen molar-refractivity contribution < 1.29 is 4.79 Å². The largest absolute Gasteiger partial charge is 0.294 e. The number of allylic oxidation sites excluding steroid dienone is 2. The number of hydrogen-bond donors (Lipinski definition) is 0. The molecule has 1 heterocycles. The third-order valence-corrected chi connectivity index (χ3v) is 3.00. The number of rotatable bonds is 2. The Labute approximate surface area is 93.4 Å². The van der Waals surface area contributed by atoms with Gasteiger partial charge in [-0.3, -0.25) is 4.79 Å². The molecule has 0 saturated heterocycles. The highest BCUT2D eigenvalue weighted by Gasteiger charge is 2.19. The van der Waals surface area contributed by atoms with E-state index in [0.717, 1.165) is 23.0 Å².